The number of para-hydroxylation sites is 1. The molecule has 0 saturated heterocycles. The van der Waals surface area contributed by atoms with E-state index >= 15 is 0 Å². The number of aromatic hydroxyl groups is 1. The molecule has 0 saturated carbocycles. The summed E-state index contributed by atoms with van der Waals surface area (Å²) in [7, 11) is 1.30. The lowest BCUT2D eigenvalue weighted by molar-refractivity contribution is -0.115. The second-order valence-corrected chi connectivity index (χ2v) is 5.95. The van der Waals surface area contributed by atoms with Crippen LogP contribution in [0.2, 0.25) is 0 Å². The van der Waals surface area contributed by atoms with Crippen LogP contribution in [0.5, 0.6) is 17.2 Å². The molecule has 0 bridgehead atoms. The van der Waals surface area contributed by atoms with Gasteiger partial charge in [0.1, 0.15) is 17.2 Å². The molecular weight excluding hydrogens is 358 g/mol. The number of anilines is 2. The first-order chi connectivity index (χ1) is 13.5. The van der Waals surface area contributed by atoms with Crippen molar-refractivity contribution < 1.29 is 24.2 Å². The van der Waals surface area contributed by atoms with Crippen molar-refractivity contribution in [1.82, 2.24) is 0 Å². The summed E-state index contributed by atoms with van der Waals surface area (Å²) in [5, 5.41) is 9.33. The second-order valence-electron chi connectivity index (χ2n) is 5.95. The summed E-state index contributed by atoms with van der Waals surface area (Å²) in [6.45, 7) is 1.43. The highest BCUT2D eigenvalue weighted by Crippen LogP contribution is 2.32. The molecule has 0 unspecified atom stereocenters. The van der Waals surface area contributed by atoms with E-state index < -0.39 is 5.97 Å². The Morgan fingerprint density at radius 2 is 1.43 bits per heavy atom. The molecule has 142 valence electrons. The van der Waals surface area contributed by atoms with Gasteiger partial charge in [0.2, 0.25) is 5.91 Å². The molecule has 0 fully saturated rings. The van der Waals surface area contributed by atoms with E-state index in [4.69, 9.17) is 9.47 Å². The van der Waals surface area contributed by atoms with Gasteiger partial charge in [-0.25, -0.2) is 4.79 Å². The van der Waals surface area contributed by atoms with Crippen molar-refractivity contribution in [3.63, 3.8) is 0 Å². The molecule has 0 heterocycles. The molecule has 6 heteroatoms. The number of carbonyl (C=O) groups is 2. The molecule has 3 rings (SSSR count). The normalized spacial score (nSPS) is 10.2. The lowest BCUT2D eigenvalue weighted by Gasteiger charge is -2.23. The van der Waals surface area contributed by atoms with Crippen LogP contribution >= 0.6 is 0 Å². The zero-order valence-electron chi connectivity index (χ0n) is 15.5. The van der Waals surface area contributed by atoms with Gasteiger partial charge < -0.3 is 14.6 Å². The highest BCUT2D eigenvalue weighted by molar-refractivity contribution is 6.06. The Morgan fingerprint density at radius 3 is 2.00 bits per heavy atom. The van der Waals surface area contributed by atoms with Crippen molar-refractivity contribution in [3.8, 4) is 17.2 Å². The number of rotatable bonds is 5. The molecule has 1 N–H and O–H groups in total. The van der Waals surface area contributed by atoms with Crippen molar-refractivity contribution in [3.05, 3.63) is 78.4 Å². The Bertz CT molecular complexity index is 981. The molecule has 0 aliphatic heterocycles. The largest absolute Gasteiger partial charge is 0.508 e. The summed E-state index contributed by atoms with van der Waals surface area (Å²) in [5.74, 6) is 0.533. The summed E-state index contributed by atoms with van der Waals surface area (Å²) in [5.41, 5.74) is 1.32. The molecule has 0 aliphatic carbocycles. The van der Waals surface area contributed by atoms with Crippen molar-refractivity contribution in [2.75, 3.05) is 12.0 Å². The number of phenols is 1. The van der Waals surface area contributed by atoms with Gasteiger partial charge in [-0.3, -0.25) is 9.69 Å². The number of amides is 1. The number of ether oxygens (including phenoxy) is 2. The fourth-order valence-corrected chi connectivity index (χ4v) is 2.76. The first-order valence-electron chi connectivity index (χ1n) is 8.54. The van der Waals surface area contributed by atoms with Crippen LogP contribution in [0, 0.1) is 0 Å². The monoisotopic (exact) mass is 377 g/mol. The third-order valence-electron chi connectivity index (χ3n) is 4.03. The zero-order valence-corrected chi connectivity index (χ0v) is 15.5. The fraction of sp³-hybridized carbons (Fsp3) is 0.0909. The summed E-state index contributed by atoms with van der Waals surface area (Å²) < 4.78 is 10.5. The maximum atomic E-state index is 12.3. The van der Waals surface area contributed by atoms with Gasteiger partial charge in [0.15, 0.2) is 0 Å². The molecule has 3 aromatic carbocycles. The maximum Gasteiger partial charge on any atom is 0.339 e. The summed E-state index contributed by atoms with van der Waals surface area (Å²) in [4.78, 5) is 25.9. The summed E-state index contributed by atoms with van der Waals surface area (Å²) in [6, 6.07) is 20.0. The second kappa shape index (κ2) is 8.26. The van der Waals surface area contributed by atoms with E-state index in [2.05, 4.69) is 0 Å². The maximum absolute atomic E-state index is 12.3. The highest BCUT2D eigenvalue weighted by Gasteiger charge is 2.21. The van der Waals surface area contributed by atoms with Crippen LogP contribution in [0.15, 0.2) is 72.8 Å². The Labute approximate surface area is 162 Å². The smallest absolute Gasteiger partial charge is 0.339 e. The first kappa shape index (κ1) is 19.0. The minimum absolute atomic E-state index is 0.157. The van der Waals surface area contributed by atoms with Crippen molar-refractivity contribution in [2.24, 2.45) is 0 Å². The molecule has 3 aromatic rings. The third-order valence-corrected chi connectivity index (χ3v) is 4.03. The van der Waals surface area contributed by atoms with Gasteiger partial charge in [0.05, 0.1) is 18.4 Å². The molecule has 6 nitrogen and oxygen atoms in total. The Balaban J connectivity index is 1.91. The van der Waals surface area contributed by atoms with E-state index in [1.165, 1.54) is 31.1 Å². The quantitative estimate of drug-likeness (QED) is 0.655. The number of esters is 1. The first-order valence-corrected chi connectivity index (χ1v) is 8.54. The average molecular weight is 377 g/mol. The number of hydrogen-bond donors (Lipinski definition) is 1. The average Bonchev–Trinajstić information content (AvgIpc) is 2.71. The van der Waals surface area contributed by atoms with Crippen LogP contribution in [0.3, 0.4) is 0 Å². The summed E-state index contributed by atoms with van der Waals surface area (Å²) >= 11 is 0. The van der Waals surface area contributed by atoms with Crippen LogP contribution in [0.4, 0.5) is 11.4 Å². The van der Waals surface area contributed by atoms with Gasteiger partial charge in [-0.1, -0.05) is 12.1 Å². The standard InChI is InChI=1S/C22H19NO5/c1-15(24)23(21-6-4-3-5-20(21)22(26)27-2)16-7-11-18(12-8-16)28-19-13-9-17(25)10-14-19/h3-14,25H,1-2H3. The molecule has 1 amide bonds. The van der Waals surface area contributed by atoms with E-state index in [1.54, 1.807) is 60.7 Å². The number of carbonyl (C=O) groups excluding carboxylic acids is 2. The third kappa shape index (κ3) is 4.12. The van der Waals surface area contributed by atoms with E-state index in [0.717, 1.165) is 0 Å². The predicted molar refractivity (Wildman–Crippen MR) is 105 cm³/mol. The van der Waals surface area contributed by atoms with E-state index in [9.17, 15) is 14.7 Å². The minimum atomic E-state index is -0.519. The zero-order chi connectivity index (χ0) is 20.1. The molecule has 0 radical (unpaired) electrons. The van der Waals surface area contributed by atoms with E-state index in [-0.39, 0.29) is 11.7 Å². The lowest BCUT2D eigenvalue weighted by atomic mass is 10.1. The van der Waals surface area contributed by atoms with Crippen LogP contribution in [0.1, 0.15) is 17.3 Å². The molecule has 28 heavy (non-hydrogen) atoms. The Kier molecular flexibility index (Phi) is 5.60. The SMILES string of the molecule is COC(=O)c1ccccc1N(C(C)=O)c1ccc(Oc2ccc(O)cc2)cc1. The van der Waals surface area contributed by atoms with Gasteiger partial charge in [-0.15, -0.1) is 0 Å². The molecule has 0 atom stereocenters. The minimum Gasteiger partial charge on any atom is -0.508 e. The molecule has 0 aromatic heterocycles. The Hall–Kier alpha value is -3.80. The van der Waals surface area contributed by atoms with Gasteiger partial charge in [-0.2, -0.15) is 0 Å². The number of benzene rings is 3. The van der Waals surface area contributed by atoms with Gasteiger partial charge in [0, 0.05) is 12.6 Å². The van der Waals surface area contributed by atoms with Crippen molar-refractivity contribution in [2.45, 2.75) is 6.92 Å². The van der Waals surface area contributed by atoms with E-state index in [1.807, 2.05) is 0 Å². The fourth-order valence-electron chi connectivity index (χ4n) is 2.76. The van der Waals surface area contributed by atoms with Crippen LogP contribution < -0.4 is 9.64 Å². The topological polar surface area (TPSA) is 76.1 Å². The van der Waals surface area contributed by atoms with Gasteiger partial charge >= 0.3 is 5.97 Å². The molecule has 0 aliphatic rings. The number of phenolic OH excluding ortho intramolecular Hbond substituents is 1. The molecular formula is C22H19NO5. The lowest BCUT2D eigenvalue weighted by Crippen LogP contribution is -2.25. The highest BCUT2D eigenvalue weighted by atomic mass is 16.5. The molecule has 0 spiro atoms. The van der Waals surface area contributed by atoms with Crippen molar-refractivity contribution in [1.29, 1.82) is 0 Å². The Morgan fingerprint density at radius 1 is 0.857 bits per heavy atom. The van der Waals surface area contributed by atoms with Crippen molar-refractivity contribution >= 4 is 23.3 Å². The number of nitrogens with zero attached hydrogens (tertiary/aromatic N) is 1. The summed E-state index contributed by atoms with van der Waals surface area (Å²) in [6.07, 6.45) is 0. The van der Waals surface area contributed by atoms with Gasteiger partial charge in [0.25, 0.3) is 0 Å². The number of hydrogen-bond acceptors (Lipinski definition) is 5. The predicted octanol–water partition coefficient (Wildman–Crippen LogP) is 4.66. The van der Waals surface area contributed by atoms with Crippen LogP contribution in [-0.4, -0.2) is 24.1 Å². The van der Waals surface area contributed by atoms with Crippen LogP contribution in [0.25, 0.3) is 0 Å². The van der Waals surface area contributed by atoms with Gasteiger partial charge in [-0.05, 0) is 60.7 Å². The number of methoxy groups -OCH3 is 1. The van der Waals surface area contributed by atoms with Crippen LogP contribution in [-0.2, 0) is 9.53 Å². The van der Waals surface area contributed by atoms with E-state index in [0.29, 0.717) is 28.4 Å².